The highest BCUT2D eigenvalue weighted by Crippen LogP contribution is 2.04. The van der Waals surface area contributed by atoms with Crippen molar-refractivity contribution >= 4 is 5.97 Å². The van der Waals surface area contributed by atoms with Crippen molar-refractivity contribution < 1.29 is 14.6 Å². The van der Waals surface area contributed by atoms with Gasteiger partial charge in [-0.25, -0.2) is 0 Å². The standard InChI is InChI=1S/C11H23NO3/c1-8(2)5-10(13)7-12-9(3)6-11(14)15-4/h8-10,12-13H,5-7H2,1-4H3. The van der Waals surface area contributed by atoms with Crippen LogP contribution in [0.1, 0.15) is 33.6 Å². The number of ether oxygens (including phenoxy) is 1. The third-order valence-electron chi connectivity index (χ3n) is 2.15. The van der Waals surface area contributed by atoms with Gasteiger partial charge >= 0.3 is 5.97 Å². The molecule has 0 aliphatic heterocycles. The molecule has 0 radical (unpaired) electrons. The average Bonchev–Trinajstić information content (AvgIpc) is 2.13. The van der Waals surface area contributed by atoms with Gasteiger partial charge in [0.1, 0.15) is 0 Å². The van der Waals surface area contributed by atoms with Crippen molar-refractivity contribution in [3.8, 4) is 0 Å². The third-order valence-corrected chi connectivity index (χ3v) is 2.15. The van der Waals surface area contributed by atoms with Crippen LogP contribution < -0.4 is 5.32 Å². The van der Waals surface area contributed by atoms with E-state index in [0.29, 0.717) is 18.9 Å². The summed E-state index contributed by atoms with van der Waals surface area (Å²) in [7, 11) is 1.38. The van der Waals surface area contributed by atoms with Gasteiger partial charge in [0.15, 0.2) is 0 Å². The van der Waals surface area contributed by atoms with Crippen molar-refractivity contribution in [1.29, 1.82) is 0 Å². The second kappa shape index (κ2) is 7.65. The highest BCUT2D eigenvalue weighted by molar-refractivity contribution is 5.69. The molecule has 2 N–H and O–H groups in total. The van der Waals surface area contributed by atoms with Gasteiger partial charge in [-0.15, -0.1) is 0 Å². The topological polar surface area (TPSA) is 58.6 Å². The number of hydrogen-bond donors (Lipinski definition) is 2. The highest BCUT2D eigenvalue weighted by Gasteiger charge is 2.11. The monoisotopic (exact) mass is 217 g/mol. The van der Waals surface area contributed by atoms with E-state index in [1.165, 1.54) is 7.11 Å². The van der Waals surface area contributed by atoms with Crippen molar-refractivity contribution in [2.24, 2.45) is 5.92 Å². The molecule has 15 heavy (non-hydrogen) atoms. The molecule has 90 valence electrons. The average molecular weight is 217 g/mol. The van der Waals surface area contributed by atoms with E-state index in [1.54, 1.807) is 0 Å². The molecule has 0 aliphatic carbocycles. The minimum Gasteiger partial charge on any atom is -0.469 e. The van der Waals surface area contributed by atoms with Gasteiger partial charge < -0.3 is 15.2 Å². The van der Waals surface area contributed by atoms with Crippen molar-refractivity contribution in [1.82, 2.24) is 5.32 Å². The molecule has 0 aromatic carbocycles. The lowest BCUT2D eigenvalue weighted by Crippen LogP contribution is -2.35. The Labute approximate surface area is 92.0 Å². The van der Waals surface area contributed by atoms with Gasteiger partial charge in [-0.2, -0.15) is 0 Å². The molecule has 0 rings (SSSR count). The highest BCUT2D eigenvalue weighted by atomic mass is 16.5. The second-order valence-corrected chi connectivity index (χ2v) is 4.37. The van der Waals surface area contributed by atoms with Crippen LogP contribution in [-0.4, -0.2) is 36.9 Å². The molecule has 0 saturated heterocycles. The largest absolute Gasteiger partial charge is 0.469 e. The predicted molar refractivity (Wildman–Crippen MR) is 59.6 cm³/mol. The van der Waals surface area contributed by atoms with E-state index in [9.17, 15) is 9.90 Å². The molecule has 0 spiro atoms. The molecule has 2 atom stereocenters. The van der Waals surface area contributed by atoms with Crippen molar-refractivity contribution in [2.75, 3.05) is 13.7 Å². The van der Waals surface area contributed by atoms with Crippen LogP contribution in [-0.2, 0) is 9.53 Å². The number of aliphatic hydroxyl groups is 1. The first-order valence-corrected chi connectivity index (χ1v) is 5.44. The summed E-state index contributed by atoms with van der Waals surface area (Å²) in [5.41, 5.74) is 0. The Kier molecular flexibility index (Phi) is 7.34. The fourth-order valence-electron chi connectivity index (χ4n) is 1.37. The molecule has 0 heterocycles. The maximum Gasteiger partial charge on any atom is 0.307 e. The van der Waals surface area contributed by atoms with Crippen LogP contribution in [0.4, 0.5) is 0 Å². The van der Waals surface area contributed by atoms with E-state index in [2.05, 4.69) is 23.9 Å². The molecule has 0 aromatic rings. The summed E-state index contributed by atoms with van der Waals surface area (Å²) in [6.07, 6.45) is 0.771. The Morgan fingerprint density at radius 1 is 1.40 bits per heavy atom. The maximum absolute atomic E-state index is 10.9. The van der Waals surface area contributed by atoms with Gasteiger partial charge in [-0.05, 0) is 19.3 Å². The normalized spacial score (nSPS) is 15.1. The molecule has 2 unspecified atom stereocenters. The molecule has 0 aliphatic rings. The van der Waals surface area contributed by atoms with E-state index in [0.717, 1.165) is 6.42 Å². The van der Waals surface area contributed by atoms with Gasteiger partial charge in [-0.3, -0.25) is 4.79 Å². The number of esters is 1. The summed E-state index contributed by atoms with van der Waals surface area (Å²) in [6, 6.07) is 0.0410. The number of carbonyl (C=O) groups excluding carboxylic acids is 1. The van der Waals surface area contributed by atoms with Crippen LogP contribution in [0.25, 0.3) is 0 Å². The first-order valence-electron chi connectivity index (χ1n) is 5.44. The number of hydrogen-bond acceptors (Lipinski definition) is 4. The molecule has 0 fully saturated rings. The molecular formula is C11H23NO3. The molecule has 0 amide bonds. The molecular weight excluding hydrogens is 194 g/mol. The van der Waals surface area contributed by atoms with E-state index in [1.807, 2.05) is 6.92 Å². The summed E-state index contributed by atoms with van der Waals surface area (Å²) in [5, 5.41) is 12.7. The maximum atomic E-state index is 10.9. The van der Waals surface area contributed by atoms with E-state index >= 15 is 0 Å². The zero-order chi connectivity index (χ0) is 11.8. The molecule has 0 saturated carbocycles. The number of carbonyl (C=O) groups is 1. The van der Waals surface area contributed by atoms with Crippen LogP contribution in [0.5, 0.6) is 0 Å². The second-order valence-electron chi connectivity index (χ2n) is 4.37. The fourth-order valence-corrected chi connectivity index (χ4v) is 1.37. The van der Waals surface area contributed by atoms with Crippen LogP contribution in [0.15, 0.2) is 0 Å². The lowest BCUT2D eigenvalue weighted by molar-refractivity contribution is -0.141. The predicted octanol–water partition coefficient (Wildman–Crippen LogP) is 0.935. The van der Waals surface area contributed by atoms with E-state index in [4.69, 9.17) is 0 Å². The van der Waals surface area contributed by atoms with E-state index < -0.39 is 0 Å². The Morgan fingerprint density at radius 3 is 2.47 bits per heavy atom. The zero-order valence-electron chi connectivity index (χ0n) is 10.1. The Morgan fingerprint density at radius 2 is 2.00 bits per heavy atom. The smallest absolute Gasteiger partial charge is 0.307 e. The Balaban J connectivity index is 3.61. The first-order chi connectivity index (χ1) is 6.95. The minimum atomic E-state index is -0.343. The lowest BCUT2D eigenvalue weighted by Gasteiger charge is -2.17. The van der Waals surface area contributed by atoms with Gasteiger partial charge in [0, 0.05) is 12.6 Å². The van der Waals surface area contributed by atoms with Crippen LogP contribution in [0, 0.1) is 5.92 Å². The Bertz CT molecular complexity index is 183. The molecule has 0 aromatic heterocycles. The van der Waals surface area contributed by atoms with Crippen molar-refractivity contribution in [3.63, 3.8) is 0 Å². The first kappa shape index (κ1) is 14.4. The SMILES string of the molecule is COC(=O)CC(C)NCC(O)CC(C)C. The van der Waals surface area contributed by atoms with Crippen molar-refractivity contribution in [3.05, 3.63) is 0 Å². The molecule has 4 nitrogen and oxygen atoms in total. The number of methoxy groups -OCH3 is 1. The third kappa shape index (κ3) is 8.39. The number of nitrogens with one attached hydrogen (secondary N) is 1. The van der Waals surface area contributed by atoms with Crippen molar-refractivity contribution in [2.45, 2.75) is 45.8 Å². The molecule has 0 bridgehead atoms. The minimum absolute atomic E-state index is 0.0410. The zero-order valence-corrected chi connectivity index (χ0v) is 10.1. The summed E-state index contributed by atoms with van der Waals surface area (Å²) >= 11 is 0. The summed E-state index contributed by atoms with van der Waals surface area (Å²) in [5.74, 6) is 0.256. The van der Waals surface area contributed by atoms with Crippen LogP contribution in [0.3, 0.4) is 0 Å². The van der Waals surface area contributed by atoms with Crippen LogP contribution >= 0.6 is 0 Å². The fraction of sp³-hybridized carbons (Fsp3) is 0.909. The van der Waals surface area contributed by atoms with Gasteiger partial charge in [-0.1, -0.05) is 13.8 Å². The molecule has 4 heteroatoms. The summed E-state index contributed by atoms with van der Waals surface area (Å²) in [6.45, 7) is 6.57. The quantitative estimate of drug-likeness (QED) is 0.623. The summed E-state index contributed by atoms with van der Waals surface area (Å²) in [4.78, 5) is 10.9. The van der Waals surface area contributed by atoms with Gasteiger partial charge in [0.2, 0.25) is 0 Å². The lowest BCUT2D eigenvalue weighted by atomic mass is 10.1. The van der Waals surface area contributed by atoms with Gasteiger partial charge in [0.25, 0.3) is 0 Å². The number of aliphatic hydroxyl groups excluding tert-OH is 1. The Hall–Kier alpha value is -0.610. The number of rotatable bonds is 7. The summed E-state index contributed by atoms with van der Waals surface area (Å²) < 4.78 is 4.55. The van der Waals surface area contributed by atoms with Gasteiger partial charge in [0.05, 0.1) is 19.6 Å². The van der Waals surface area contributed by atoms with Crippen LogP contribution in [0.2, 0.25) is 0 Å². The van der Waals surface area contributed by atoms with E-state index in [-0.39, 0.29) is 18.1 Å².